The third-order valence-electron chi connectivity index (χ3n) is 4.84. The molecule has 0 aromatic rings. The highest BCUT2D eigenvalue weighted by Crippen LogP contribution is 2.35. The minimum atomic E-state index is -4.59. The van der Waals surface area contributed by atoms with Gasteiger partial charge < -0.3 is 30.8 Å². The van der Waals surface area contributed by atoms with Crippen molar-refractivity contribution in [3.05, 3.63) is 0 Å². The number of nitrogens with two attached hydrogens (primary N) is 1. The summed E-state index contributed by atoms with van der Waals surface area (Å²) in [6, 6.07) is 0. The first kappa shape index (κ1) is 32.1. The maximum Gasteiger partial charge on any atom is 0.469 e. The fraction of sp³-hybridized carbons (Fsp3) is 1.00. The van der Waals surface area contributed by atoms with Gasteiger partial charge >= 0.3 is 7.82 Å². The number of hydrogen-bond donors (Lipinski definition) is 6. The van der Waals surface area contributed by atoms with E-state index in [9.17, 15) is 14.8 Å². The molecule has 30 heavy (non-hydrogen) atoms. The van der Waals surface area contributed by atoms with Crippen LogP contribution >= 0.6 is 7.82 Å². The maximum atomic E-state index is 10.5. The van der Waals surface area contributed by atoms with Crippen LogP contribution in [0.1, 0.15) is 103 Å². The summed E-state index contributed by atoms with van der Waals surface area (Å²) in [5.74, 6) is 0. The zero-order valence-electron chi connectivity index (χ0n) is 19.0. The summed E-state index contributed by atoms with van der Waals surface area (Å²) in [4.78, 5) is 17.1. The molecule has 0 saturated carbocycles. The van der Waals surface area contributed by atoms with Crippen molar-refractivity contribution in [3.63, 3.8) is 0 Å². The average molecular weight is 458 g/mol. The van der Waals surface area contributed by atoms with Crippen LogP contribution in [0.25, 0.3) is 0 Å². The molecule has 0 rings (SSSR count). The number of hydrogen-bond acceptors (Lipinski definition) is 6. The molecule has 184 valence electrons. The van der Waals surface area contributed by atoms with E-state index in [1.165, 1.54) is 70.6 Å². The molecule has 0 bridgehead atoms. The Bertz CT molecular complexity index is 380. The second-order valence-corrected chi connectivity index (χ2v) is 9.06. The largest absolute Gasteiger partial charge is 0.469 e. The molecule has 0 spiro atoms. The number of aliphatic hydroxyl groups is 3. The van der Waals surface area contributed by atoms with E-state index in [1.807, 2.05) is 0 Å². The summed E-state index contributed by atoms with van der Waals surface area (Å²) in [6.07, 6.45) is 15.7. The third kappa shape index (κ3) is 27.9. The predicted molar refractivity (Wildman–Crippen MR) is 121 cm³/mol. The zero-order valence-corrected chi connectivity index (χ0v) is 19.9. The smallest absolute Gasteiger partial charge is 0.395 e. The second kappa shape index (κ2) is 23.6. The predicted octanol–water partition coefficient (Wildman–Crippen LogP) is 3.63. The van der Waals surface area contributed by atoms with Gasteiger partial charge in [0, 0.05) is 6.54 Å². The minimum absolute atomic E-state index is 0.0972. The molecule has 0 aliphatic heterocycles. The van der Waals surface area contributed by atoms with E-state index >= 15 is 0 Å². The molecule has 0 saturated heterocycles. The Balaban J connectivity index is 0. The number of phosphoric acid groups is 1. The van der Waals surface area contributed by atoms with E-state index < -0.39 is 26.6 Å². The molecule has 0 aliphatic carbocycles. The molecule has 0 aromatic heterocycles. The Morgan fingerprint density at radius 1 is 0.767 bits per heavy atom. The van der Waals surface area contributed by atoms with Crippen LogP contribution < -0.4 is 5.73 Å². The van der Waals surface area contributed by atoms with Crippen molar-refractivity contribution in [1.82, 2.24) is 0 Å². The molecule has 8 nitrogen and oxygen atoms in total. The van der Waals surface area contributed by atoms with Crippen molar-refractivity contribution < 1.29 is 34.2 Å². The second-order valence-electron chi connectivity index (χ2n) is 7.82. The number of aliphatic hydroxyl groups excluding tert-OH is 3. The van der Waals surface area contributed by atoms with Crippen molar-refractivity contribution in [1.29, 1.82) is 0 Å². The Kier molecular flexibility index (Phi) is 25.3. The van der Waals surface area contributed by atoms with Gasteiger partial charge in [-0.1, -0.05) is 96.8 Å². The van der Waals surface area contributed by atoms with Crippen molar-refractivity contribution in [2.24, 2.45) is 5.73 Å². The van der Waals surface area contributed by atoms with Crippen LogP contribution in [-0.2, 0) is 9.09 Å². The van der Waals surface area contributed by atoms with Crippen LogP contribution in [0.3, 0.4) is 0 Å². The molecule has 0 fully saturated rings. The van der Waals surface area contributed by atoms with Crippen molar-refractivity contribution >= 4 is 7.82 Å². The Morgan fingerprint density at radius 2 is 1.13 bits per heavy atom. The van der Waals surface area contributed by atoms with Gasteiger partial charge in [0.15, 0.2) is 0 Å². The molecule has 1 unspecified atom stereocenters. The summed E-state index contributed by atoms with van der Waals surface area (Å²) in [5.41, 5.74) is 4.78. The monoisotopic (exact) mass is 457 g/mol. The highest BCUT2D eigenvalue weighted by molar-refractivity contribution is 7.46. The molecule has 2 atom stereocenters. The molecule has 9 heteroatoms. The lowest BCUT2D eigenvalue weighted by molar-refractivity contribution is -0.0182. The summed E-state index contributed by atoms with van der Waals surface area (Å²) >= 11 is 0. The van der Waals surface area contributed by atoms with Crippen LogP contribution in [0, 0.1) is 0 Å². The van der Waals surface area contributed by atoms with Crippen molar-refractivity contribution in [2.45, 2.75) is 115 Å². The van der Waals surface area contributed by atoms with Gasteiger partial charge in [-0.05, 0) is 6.42 Å². The lowest BCUT2D eigenvalue weighted by Gasteiger charge is -2.17. The van der Waals surface area contributed by atoms with Crippen molar-refractivity contribution in [3.8, 4) is 0 Å². The van der Waals surface area contributed by atoms with E-state index in [0.717, 1.165) is 19.3 Å². The van der Waals surface area contributed by atoms with Gasteiger partial charge in [-0.2, -0.15) is 0 Å². The first-order chi connectivity index (χ1) is 14.3. The Morgan fingerprint density at radius 3 is 1.47 bits per heavy atom. The molecular weight excluding hydrogens is 409 g/mol. The molecule has 0 aliphatic rings. The normalized spacial score (nSPS) is 13.6. The van der Waals surface area contributed by atoms with E-state index in [0.29, 0.717) is 13.0 Å². The van der Waals surface area contributed by atoms with Gasteiger partial charge in [0.2, 0.25) is 0 Å². The first-order valence-electron chi connectivity index (χ1n) is 11.7. The standard InChI is InChI=1S/C19H41O6P.C2H7NO/c1-2-3-4-5-6-7-8-9-10-11-12-13-14-15-16-18(20)19(21)17-25-26(22,23)24;3-1-2-4/h18-21H,2-17H2,1H3,(H2,22,23,24);4H,1-3H2/t18?,19-;/m0./s1. The molecule has 0 heterocycles. The van der Waals surface area contributed by atoms with Crippen LogP contribution in [0.5, 0.6) is 0 Å². The third-order valence-corrected chi connectivity index (χ3v) is 5.33. The molecule has 0 amide bonds. The highest BCUT2D eigenvalue weighted by Gasteiger charge is 2.21. The quantitative estimate of drug-likeness (QED) is 0.120. The summed E-state index contributed by atoms with van der Waals surface area (Å²) in [6.45, 7) is 2.17. The van der Waals surface area contributed by atoms with Gasteiger partial charge in [-0.3, -0.25) is 4.52 Å². The van der Waals surface area contributed by atoms with E-state index in [2.05, 4.69) is 11.4 Å². The van der Waals surface area contributed by atoms with Crippen LogP contribution in [0.2, 0.25) is 0 Å². The Hall–Kier alpha value is -0.0500. The van der Waals surface area contributed by atoms with Gasteiger partial charge in [0.1, 0.15) is 6.10 Å². The van der Waals surface area contributed by atoms with E-state index in [1.54, 1.807) is 0 Å². The number of unbranched alkanes of at least 4 members (excludes halogenated alkanes) is 13. The number of rotatable bonds is 20. The zero-order chi connectivity index (χ0) is 23.1. The SMILES string of the molecule is CCCCCCCCCCCCCCCCC(O)[C@@H](O)COP(=O)(O)O.NCCO. The lowest BCUT2D eigenvalue weighted by Crippen LogP contribution is -2.30. The van der Waals surface area contributed by atoms with Gasteiger partial charge in [-0.25, -0.2) is 4.57 Å². The fourth-order valence-corrected chi connectivity index (χ4v) is 3.37. The van der Waals surface area contributed by atoms with Gasteiger partial charge in [0.25, 0.3) is 0 Å². The van der Waals surface area contributed by atoms with Crippen molar-refractivity contribution in [2.75, 3.05) is 19.8 Å². The molecule has 0 radical (unpaired) electrons. The minimum Gasteiger partial charge on any atom is -0.395 e. The first-order valence-corrected chi connectivity index (χ1v) is 13.2. The Labute approximate surface area is 183 Å². The maximum absolute atomic E-state index is 10.5. The van der Waals surface area contributed by atoms with E-state index in [-0.39, 0.29) is 6.61 Å². The average Bonchev–Trinajstić information content (AvgIpc) is 2.71. The topological polar surface area (TPSA) is 153 Å². The van der Waals surface area contributed by atoms with Gasteiger partial charge in [-0.15, -0.1) is 0 Å². The summed E-state index contributed by atoms with van der Waals surface area (Å²) < 4.78 is 14.7. The molecular formula is C21H48NO7P. The summed E-state index contributed by atoms with van der Waals surface area (Å²) in [7, 11) is -4.59. The fourth-order valence-electron chi connectivity index (χ4n) is 3.02. The van der Waals surface area contributed by atoms with E-state index in [4.69, 9.17) is 20.6 Å². The van der Waals surface area contributed by atoms with Crippen LogP contribution in [0.4, 0.5) is 0 Å². The summed E-state index contributed by atoms with van der Waals surface area (Å²) in [5, 5.41) is 27.0. The van der Waals surface area contributed by atoms with Crippen LogP contribution in [-0.4, -0.2) is 57.1 Å². The molecule has 7 N–H and O–H groups in total. The number of phosphoric ester groups is 1. The van der Waals surface area contributed by atoms with Gasteiger partial charge in [0.05, 0.1) is 19.3 Å². The van der Waals surface area contributed by atoms with Crippen LogP contribution in [0.15, 0.2) is 0 Å². The lowest BCUT2D eigenvalue weighted by atomic mass is 10.0. The molecule has 0 aromatic carbocycles. The highest BCUT2D eigenvalue weighted by atomic mass is 31.2.